The molecule has 2 aromatic rings. The van der Waals surface area contributed by atoms with Crippen molar-refractivity contribution in [3.05, 3.63) is 42.2 Å². The molecule has 0 atom stereocenters. The van der Waals surface area contributed by atoms with Crippen LogP contribution in [0.5, 0.6) is 0 Å². The zero-order valence-corrected chi connectivity index (χ0v) is 8.58. The van der Waals surface area contributed by atoms with E-state index < -0.39 is 0 Å². The van der Waals surface area contributed by atoms with Crippen molar-refractivity contribution in [3.63, 3.8) is 0 Å². The predicted molar refractivity (Wildman–Crippen MR) is 56.7 cm³/mol. The first-order chi connectivity index (χ1) is 6.40. The van der Waals surface area contributed by atoms with Crippen LogP contribution < -0.4 is 0 Å². The first-order valence-electron chi connectivity index (χ1n) is 4.04. The van der Waals surface area contributed by atoms with E-state index in [0.717, 1.165) is 10.9 Å². The van der Waals surface area contributed by atoms with Crippen LogP contribution in [0.4, 0.5) is 0 Å². The number of rotatable bonds is 2. The molecule has 0 aliphatic carbocycles. The molecule has 0 aliphatic rings. The molecule has 0 amide bonds. The SMILES string of the molecule is BrCc1ccc(-c2cn[nH]c2)cc1. The molecule has 66 valence electrons. The van der Waals surface area contributed by atoms with Gasteiger partial charge in [-0.2, -0.15) is 5.10 Å². The Labute approximate surface area is 85.1 Å². The Hall–Kier alpha value is -1.09. The van der Waals surface area contributed by atoms with Gasteiger partial charge in [-0.15, -0.1) is 0 Å². The van der Waals surface area contributed by atoms with Crippen molar-refractivity contribution >= 4 is 15.9 Å². The van der Waals surface area contributed by atoms with Crippen LogP contribution >= 0.6 is 15.9 Å². The van der Waals surface area contributed by atoms with Crippen molar-refractivity contribution in [3.8, 4) is 11.1 Å². The summed E-state index contributed by atoms with van der Waals surface area (Å²) >= 11 is 3.41. The Kier molecular flexibility index (Phi) is 2.45. The van der Waals surface area contributed by atoms with Crippen LogP contribution in [0.25, 0.3) is 11.1 Å². The topological polar surface area (TPSA) is 28.7 Å². The molecular formula is C10H9BrN2. The van der Waals surface area contributed by atoms with Crippen molar-refractivity contribution in [2.24, 2.45) is 0 Å². The largest absolute Gasteiger partial charge is 0.285 e. The summed E-state index contributed by atoms with van der Waals surface area (Å²) in [7, 11) is 0. The van der Waals surface area contributed by atoms with Crippen molar-refractivity contribution in [1.29, 1.82) is 0 Å². The molecule has 0 bridgehead atoms. The molecule has 2 rings (SSSR count). The van der Waals surface area contributed by atoms with Crippen LogP contribution in [0.3, 0.4) is 0 Å². The summed E-state index contributed by atoms with van der Waals surface area (Å²) in [6.45, 7) is 0. The first-order valence-corrected chi connectivity index (χ1v) is 5.16. The van der Waals surface area contributed by atoms with Gasteiger partial charge in [0.2, 0.25) is 0 Å². The van der Waals surface area contributed by atoms with Gasteiger partial charge in [-0.3, -0.25) is 5.10 Å². The van der Waals surface area contributed by atoms with Gasteiger partial charge < -0.3 is 0 Å². The fourth-order valence-corrected chi connectivity index (χ4v) is 1.57. The molecule has 0 spiro atoms. The normalized spacial score (nSPS) is 10.2. The number of aromatic amines is 1. The highest BCUT2D eigenvalue weighted by Crippen LogP contribution is 2.18. The van der Waals surface area contributed by atoms with Crippen molar-refractivity contribution < 1.29 is 0 Å². The molecule has 1 heterocycles. The van der Waals surface area contributed by atoms with Gasteiger partial charge in [0.1, 0.15) is 0 Å². The summed E-state index contributed by atoms with van der Waals surface area (Å²) in [4.78, 5) is 0. The fourth-order valence-electron chi connectivity index (χ4n) is 1.20. The minimum absolute atomic E-state index is 0.901. The van der Waals surface area contributed by atoms with Crippen LogP contribution in [0, 0.1) is 0 Å². The van der Waals surface area contributed by atoms with E-state index in [9.17, 15) is 0 Å². The minimum Gasteiger partial charge on any atom is -0.285 e. The van der Waals surface area contributed by atoms with Gasteiger partial charge >= 0.3 is 0 Å². The van der Waals surface area contributed by atoms with Gasteiger partial charge in [-0.1, -0.05) is 40.2 Å². The van der Waals surface area contributed by atoms with Crippen LogP contribution in [0.15, 0.2) is 36.7 Å². The molecule has 1 aromatic heterocycles. The zero-order valence-electron chi connectivity index (χ0n) is 7.00. The summed E-state index contributed by atoms with van der Waals surface area (Å²) < 4.78 is 0. The fraction of sp³-hybridized carbons (Fsp3) is 0.100. The molecule has 0 saturated carbocycles. The number of aromatic nitrogens is 2. The van der Waals surface area contributed by atoms with Gasteiger partial charge in [0.25, 0.3) is 0 Å². The summed E-state index contributed by atoms with van der Waals surface area (Å²) in [5.41, 5.74) is 3.60. The Bertz CT molecular complexity index is 364. The van der Waals surface area contributed by atoms with Crippen LogP contribution in [0.1, 0.15) is 5.56 Å². The second-order valence-corrected chi connectivity index (χ2v) is 3.38. The number of alkyl halides is 1. The average molecular weight is 237 g/mol. The lowest BCUT2D eigenvalue weighted by atomic mass is 10.1. The molecule has 0 radical (unpaired) electrons. The first kappa shape index (κ1) is 8.51. The molecule has 2 nitrogen and oxygen atoms in total. The summed E-state index contributed by atoms with van der Waals surface area (Å²) in [5, 5.41) is 7.61. The van der Waals surface area contributed by atoms with E-state index in [1.54, 1.807) is 0 Å². The Morgan fingerprint density at radius 3 is 2.46 bits per heavy atom. The molecule has 13 heavy (non-hydrogen) atoms. The molecule has 0 aliphatic heterocycles. The third kappa shape index (κ3) is 1.80. The van der Waals surface area contributed by atoms with E-state index in [2.05, 4.69) is 50.4 Å². The standard InChI is InChI=1S/C10H9BrN2/c11-5-8-1-3-9(4-2-8)10-6-12-13-7-10/h1-4,6-7H,5H2,(H,12,13). The van der Waals surface area contributed by atoms with Crippen LogP contribution in [-0.4, -0.2) is 10.2 Å². The van der Waals surface area contributed by atoms with Crippen molar-refractivity contribution in [2.75, 3.05) is 0 Å². The number of nitrogens with one attached hydrogen (secondary N) is 1. The molecule has 1 aromatic carbocycles. The highest BCUT2D eigenvalue weighted by atomic mass is 79.9. The maximum atomic E-state index is 3.91. The van der Waals surface area contributed by atoms with Gasteiger partial charge in [0.15, 0.2) is 0 Å². The molecule has 0 unspecified atom stereocenters. The second kappa shape index (κ2) is 3.75. The molecule has 1 N–H and O–H groups in total. The maximum absolute atomic E-state index is 3.91. The Balaban J connectivity index is 2.33. The van der Waals surface area contributed by atoms with Crippen LogP contribution in [-0.2, 0) is 5.33 Å². The minimum atomic E-state index is 0.901. The number of hydrogen-bond acceptors (Lipinski definition) is 1. The Morgan fingerprint density at radius 1 is 1.15 bits per heavy atom. The highest BCUT2D eigenvalue weighted by Gasteiger charge is 1.97. The highest BCUT2D eigenvalue weighted by molar-refractivity contribution is 9.08. The quantitative estimate of drug-likeness (QED) is 0.799. The maximum Gasteiger partial charge on any atom is 0.0565 e. The smallest absolute Gasteiger partial charge is 0.0565 e. The third-order valence-electron chi connectivity index (χ3n) is 1.94. The number of H-pyrrole nitrogens is 1. The van der Waals surface area contributed by atoms with Crippen molar-refractivity contribution in [2.45, 2.75) is 5.33 Å². The van der Waals surface area contributed by atoms with Crippen LogP contribution in [0.2, 0.25) is 0 Å². The molecule has 3 heteroatoms. The second-order valence-electron chi connectivity index (χ2n) is 2.82. The average Bonchev–Trinajstić information content (AvgIpc) is 2.71. The van der Waals surface area contributed by atoms with Gasteiger partial charge in [0.05, 0.1) is 6.20 Å². The van der Waals surface area contributed by atoms with Gasteiger partial charge in [0, 0.05) is 17.1 Å². The van der Waals surface area contributed by atoms with Gasteiger partial charge in [-0.25, -0.2) is 0 Å². The molecule has 0 fully saturated rings. The summed E-state index contributed by atoms with van der Waals surface area (Å²) in [6.07, 6.45) is 3.71. The van der Waals surface area contributed by atoms with Crippen molar-refractivity contribution in [1.82, 2.24) is 10.2 Å². The lowest BCUT2D eigenvalue weighted by molar-refractivity contribution is 1.09. The van der Waals surface area contributed by atoms with E-state index in [1.807, 2.05) is 12.4 Å². The van der Waals surface area contributed by atoms with E-state index in [4.69, 9.17) is 0 Å². The number of halogens is 1. The number of nitrogens with zero attached hydrogens (tertiary/aromatic N) is 1. The third-order valence-corrected chi connectivity index (χ3v) is 2.59. The zero-order chi connectivity index (χ0) is 9.10. The summed E-state index contributed by atoms with van der Waals surface area (Å²) in [6, 6.07) is 8.41. The van der Waals surface area contributed by atoms with E-state index in [-0.39, 0.29) is 0 Å². The number of hydrogen-bond donors (Lipinski definition) is 1. The number of benzene rings is 1. The van der Waals surface area contributed by atoms with Gasteiger partial charge in [-0.05, 0) is 11.1 Å². The van der Waals surface area contributed by atoms with E-state index in [0.29, 0.717) is 0 Å². The Morgan fingerprint density at radius 2 is 1.92 bits per heavy atom. The lowest BCUT2D eigenvalue weighted by Crippen LogP contribution is -1.77. The van der Waals surface area contributed by atoms with E-state index in [1.165, 1.54) is 11.1 Å². The monoisotopic (exact) mass is 236 g/mol. The summed E-state index contributed by atoms with van der Waals surface area (Å²) in [5.74, 6) is 0. The predicted octanol–water partition coefficient (Wildman–Crippen LogP) is 2.97. The lowest BCUT2D eigenvalue weighted by Gasteiger charge is -1.98. The molecular weight excluding hydrogens is 228 g/mol. The molecule has 0 saturated heterocycles. The van der Waals surface area contributed by atoms with E-state index >= 15 is 0 Å².